The van der Waals surface area contributed by atoms with Gasteiger partial charge in [0.05, 0.1) is 5.52 Å². The summed E-state index contributed by atoms with van der Waals surface area (Å²) in [5.74, 6) is 1.51. The SMILES string of the molecule is C[C@H](Nc1nc(-c2cccnc2)nc2ccccc12)c1ccccc1. The molecule has 2 aromatic heterocycles. The second kappa shape index (κ2) is 6.69. The minimum Gasteiger partial charge on any atom is -0.363 e. The first-order chi connectivity index (χ1) is 12.3. The largest absolute Gasteiger partial charge is 0.363 e. The predicted molar refractivity (Wildman–Crippen MR) is 101 cm³/mol. The molecule has 4 heteroatoms. The van der Waals surface area contributed by atoms with Gasteiger partial charge in [-0.05, 0) is 36.8 Å². The molecule has 4 aromatic rings. The summed E-state index contributed by atoms with van der Waals surface area (Å²) in [6, 6.07) is 22.4. The highest BCUT2D eigenvalue weighted by Gasteiger charge is 2.12. The molecule has 0 radical (unpaired) electrons. The molecule has 1 N–H and O–H groups in total. The third-order valence-electron chi connectivity index (χ3n) is 4.18. The van der Waals surface area contributed by atoms with Crippen molar-refractivity contribution in [2.75, 3.05) is 5.32 Å². The Kier molecular flexibility index (Phi) is 4.09. The number of hydrogen-bond acceptors (Lipinski definition) is 4. The lowest BCUT2D eigenvalue weighted by Gasteiger charge is -2.17. The minimum absolute atomic E-state index is 0.140. The zero-order valence-corrected chi connectivity index (χ0v) is 13.9. The lowest BCUT2D eigenvalue weighted by Crippen LogP contribution is -2.09. The highest BCUT2D eigenvalue weighted by Crippen LogP contribution is 2.27. The van der Waals surface area contributed by atoms with E-state index in [-0.39, 0.29) is 6.04 Å². The van der Waals surface area contributed by atoms with Gasteiger partial charge in [-0.2, -0.15) is 0 Å². The van der Waals surface area contributed by atoms with E-state index < -0.39 is 0 Å². The molecular formula is C21H18N4. The second-order valence-corrected chi connectivity index (χ2v) is 5.93. The number of anilines is 1. The van der Waals surface area contributed by atoms with Gasteiger partial charge in [0, 0.05) is 29.4 Å². The summed E-state index contributed by atoms with van der Waals surface area (Å²) >= 11 is 0. The molecular weight excluding hydrogens is 308 g/mol. The van der Waals surface area contributed by atoms with Crippen molar-refractivity contribution in [2.24, 2.45) is 0 Å². The molecule has 0 unspecified atom stereocenters. The average Bonchev–Trinajstić information content (AvgIpc) is 2.69. The van der Waals surface area contributed by atoms with E-state index in [2.05, 4.69) is 29.4 Å². The Balaban J connectivity index is 1.79. The van der Waals surface area contributed by atoms with Crippen LogP contribution in [0.3, 0.4) is 0 Å². The Morgan fingerprint density at radius 1 is 0.840 bits per heavy atom. The van der Waals surface area contributed by atoms with Gasteiger partial charge in [0.15, 0.2) is 5.82 Å². The molecule has 0 aliphatic rings. The minimum atomic E-state index is 0.140. The molecule has 4 nitrogen and oxygen atoms in total. The topological polar surface area (TPSA) is 50.7 Å². The fourth-order valence-corrected chi connectivity index (χ4v) is 2.84. The van der Waals surface area contributed by atoms with Crippen molar-refractivity contribution < 1.29 is 0 Å². The van der Waals surface area contributed by atoms with Crippen LogP contribution in [0.25, 0.3) is 22.3 Å². The Morgan fingerprint density at radius 2 is 1.64 bits per heavy atom. The van der Waals surface area contributed by atoms with Crippen LogP contribution in [0.1, 0.15) is 18.5 Å². The molecule has 0 bridgehead atoms. The molecule has 0 fully saturated rings. The molecule has 0 spiro atoms. The molecule has 0 amide bonds. The van der Waals surface area contributed by atoms with Gasteiger partial charge in [-0.1, -0.05) is 42.5 Å². The standard InChI is InChI=1S/C21H18N4/c1-15(16-8-3-2-4-9-16)23-21-18-11-5-6-12-19(18)24-20(25-21)17-10-7-13-22-14-17/h2-15H,1H3,(H,23,24,25)/t15-/m0/s1. The van der Waals surface area contributed by atoms with Crippen LogP contribution >= 0.6 is 0 Å². The molecule has 1 atom stereocenters. The van der Waals surface area contributed by atoms with Gasteiger partial charge in [-0.25, -0.2) is 9.97 Å². The number of rotatable bonds is 4. The van der Waals surface area contributed by atoms with Gasteiger partial charge < -0.3 is 5.32 Å². The molecule has 0 aliphatic carbocycles. The third kappa shape index (κ3) is 3.19. The van der Waals surface area contributed by atoms with Crippen molar-refractivity contribution in [3.05, 3.63) is 84.7 Å². The van der Waals surface area contributed by atoms with Crippen molar-refractivity contribution in [3.63, 3.8) is 0 Å². The quantitative estimate of drug-likeness (QED) is 0.581. The van der Waals surface area contributed by atoms with E-state index in [9.17, 15) is 0 Å². The Bertz CT molecular complexity index is 984. The van der Waals surface area contributed by atoms with E-state index in [0.29, 0.717) is 5.82 Å². The molecule has 0 aliphatic heterocycles. The summed E-state index contributed by atoms with van der Waals surface area (Å²) in [5.41, 5.74) is 3.04. The number of pyridine rings is 1. The first kappa shape index (κ1) is 15.3. The van der Waals surface area contributed by atoms with Gasteiger partial charge >= 0.3 is 0 Å². The first-order valence-electron chi connectivity index (χ1n) is 8.30. The number of aromatic nitrogens is 3. The maximum atomic E-state index is 4.77. The fourth-order valence-electron chi connectivity index (χ4n) is 2.84. The first-order valence-corrected chi connectivity index (χ1v) is 8.30. The maximum Gasteiger partial charge on any atom is 0.163 e. The van der Waals surface area contributed by atoms with Crippen LogP contribution in [0, 0.1) is 0 Å². The number of nitrogens with one attached hydrogen (secondary N) is 1. The summed E-state index contributed by atoms with van der Waals surface area (Å²) < 4.78 is 0. The van der Waals surface area contributed by atoms with Crippen molar-refractivity contribution in [1.82, 2.24) is 15.0 Å². The molecule has 2 aromatic carbocycles. The van der Waals surface area contributed by atoms with E-state index in [1.165, 1.54) is 5.56 Å². The Labute approximate surface area is 146 Å². The summed E-state index contributed by atoms with van der Waals surface area (Å²) in [6.07, 6.45) is 3.54. The molecule has 0 saturated heterocycles. The van der Waals surface area contributed by atoms with Crippen LogP contribution in [0.5, 0.6) is 0 Å². The monoisotopic (exact) mass is 326 g/mol. The van der Waals surface area contributed by atoms with E-state index in [4.69, 9.17) is 9.97 Å². The van der Waals surface area contributed by atoms with E-state index in [1.54, 1.807) is 12.4 Å². The lowest BCUT2D eigenvalue weighted by atomic mass is 10.1. The maximum absolute atomic E-state index is 4.77. The van der Waals surface area contributed by atoms with Crippen molar-refractivity contribution in [3.8, 4) is 11.4 Å². The molecule has 25 heavy (non-hydrogen) atoms. The summed E-state index contributed by atoms with van der Waals surface area (Å²) in [6.45, 7) is 2.13. The van der Waals surface area contributed by atoms with E-state index >= 15 is 0 Å². The van der Waals surface area contributed by atoms with Crippen LogP contribution < -0.4 is 5.32 Å². The highest BCUT2D eigenvalue weighted by molar-refractivity contribution is 5.90. The van der Waals surface area contributed by atoms with E-state index in [1.807, 2.05) is 54.6 Å². The van der Waals surface area contributed by atoms with Crippen LogP contribution in [0.2, 0.25) is 0 Å². The second-order valence-electron chi connectivity index (χ2n) is 5.93. The fraction of sp³-hybridized carbons (Fsp3) is 0.0952. The normalized spacial score (nSPS) is 12.0. The number of fused-ring (bicyclic) bond motifs is 1. The highest BCUT2D eigenvalue weighted by atomic mass is 15.1. The van der Waals surface area contributed by atoms with Crippen LogP contribution in [-0.4, -0.2) is 15.0 Å². The Hall–Kier alpha value is -3.27. The molecule has 122 valence electrons. The predicted octanol–water partition coefficient (Wildman–Crippen LogP) is 4.86. The van der Waals surface area contributed by atoms with Crippen LogP contribution in [0.15, 0.2) is 79.1 Å². The van der Waals surface area contributed by atoms with Crippen molar-refractivity contribution in [2.45, 2.75) is 13.0 Å². The molecule has 0 saturated carbocycles. The number of nitrogens with zero attached hydrogens (tertiary/aromatic N) is 3. The zero-order chi connectivity index (χ0) is 17.1. The number of benzene rings is 2. The average molecular weight is 326 g/mol. The lowest BCUT2D eigenvalue weighted by molar-refractivity contribution is 0.876. The van der Waals surface area contributed by atoms with Gasteiger partial charge in [0.1, 0.15) is 5.82 Å². The Morgan fingerprint density at radius 3 is 2.44 bits per heavy atom. The summed E-state index contributed by atoms with van der Waals surface area (Å²) in [7, 11) is 0. The third-order valence-corrected chi connectivity index (χ3v) is 4.18. The number of para-hydroxylation sites is 1. The smallest absolute Gasteiger partial charge is 0.163 e. The van der Waals surface area contributed by atoms with Gasteiger partial charge in [-0.15, -0.1) is 0 Å². The molecule has 2 heterocycles. The summed E-state index contributed by atoms with van der Waals surface area (Å²) in [5, 5.41) is 4.55. The van der Waals surface area contributed by atoms with Crippen LogP contribution in [0.4, 0.5) is 5.82 Å². The number of hydrogen-bond donors (Lipinski definition) is 1. The van der Waals surface area contributed by atoms with Gasteiger partial charge in [0.25, 0.3) is 0 Å². The van der Waals surface area contributed by atoms with Crippen LogP contribution in [-0.2, 0) is 0 Å². The van der Waals surface area contributed by atoms with E-state index in [0.717, 1.165) is 22.3 Å². The molecule has 4 rings (SSSR count). The van der Waals surface area contributed by atoms with Crippen molar-refractivity contribution in [1.29, 1.82) is 0 Å². The van der Waals surface area contributed by atoms with Gasteiger partial charge in [-0.3, -0.25) is 4.98 Å². The zero-order valence-electron chi connectivity index (χ0n) is 13.9. The van der Waals surface area contributed by atoms with Gasteiger partial charge in [0.2, 0.25) is 0 Å². The van der Waals surface area contributed by atoms with Crippen molar-refractivity contribution >= 4 is 16.7 Å². The summed E-state index contributed by atoms with van der Waals surface area (Å²) in [4.78, 5) is 13.6.